The summed E-state index contributed by atoms with van der Waals surface area (Å²) in [7, 11) is 1.52. The third kappa shape index (κ3) is 6.45. The third-order valence-corrected chi connectivity index (χ3v) is 5.37. The average Bonchev–Trinajstić information content (AvgIpc) is 2.75. The molecule has 0 saturated carbocycles. The van der Waals surface area contributed by atoms with Crippen LogP contribution in [0.25, 0.3) is 0 Å². The summed E-state index contributed by atoms with van der Waals surface area (Å²) in [5.74, 6) is -1.57. The summed E-state index contributed by atoms with van der Waals surface area (Å²) in [5.41, 5.74) is 0.920. The van der Waals surface area contributed by atoms with Gasteiger partial charge in [0.25, 0.3) is 0 Å². The number of halogens is 4. The zero-order chi connectivity index (χ0) is 23.3. The number of amides is 2. The van der Waals surface area contributed by atoms with Crippen LogP contribution in [-0.2, 0) is 22.6 Å². The lowest BCUT2D eigenvalue weighted by molar-refractivity contribution is -0.275. The molecular formula is C23H24F4N2O3. The molecule has 5 nitrogen and oxygen atoms in total. The van der Waals surface area contributed by atoms with Crippen molar-refractivity contribution in [1.82, 2.24) is 9.80 Å². The van der Waals surface area contributed by atoms with Gasteiger partial charge in [-0.2, -0.15) is 0 Å². The number of hydrogen-bond acceptors (Lipinski definition) is 3. The summed E-state index contributed by atoms with van der Waals surface area (Å²) < 4.78 is 55.0. The van der Waals surface area contributed by atoms with E-state index in [4.69, 9.17) is 0 Å². The number of benzene rings is 2. The van der Waals surface area contributed by atoms with Crippen LogP contribution in [0.2, 0.25) is 0 Å². The number of alkyl halides is 3. The topological polar surface area (TPSA) is 49.9 Å². The second kappa shape index (κ2) is 10.0. The highest BCUT2D eigenvalue weighted by molar-refractivity contribution is 5.82. The molecule has 1 unspecified atom stereocenters. The van der Waals surface area contributed by atoms with Crippen molar-refractivity contribution in [2.45, 2.75) is 32.2 Å². The molecule has 1 aliphatic heterocycles. The van der Waals surface area contributed by atoms with E-state index in [0.29, 0.717) is 24.9 Å². The first kappa shape index (κ1) is 23.6. The van der Waals surface area contributed by atoms with Crippen molar-refractivity contribution in [2.24, 2.45) is 5.92 Å². The van der Waals surface area contributed by atoms with Gasteiger partial charge in [-0.3, -0.25) is 9.59 Å². The molecule has 2 amide bonds. The summed E-state index contributed by atoms with van der Waals surface area (Å²) in [4.78, 5) is 28.6. The lowest BCUT2D eigenvalue weighted by Crippen LogP contribution is -2.46. The van der Waals surface area contributed by atoms with Crippen LogP contribution < -0.4 is 4.74 Å². The molecule has 2 aromatic carbocycles. The molecule has 9 heteroatoms. The highest BCUT2D eigenvalue weighted by atomic mass is 19.4. The van der Waals surface area contributed by atoms with Crippen LogP contribution in [0.3, 0.4) is 0 Å². The van der Waals surface area contributed by atoms with E-state index in [1.54, 1.807) is 23.1 Å². The number of carbonyl (C=O) groups excluding carboxylic acids is 2. The molecule has 0 radical (unpaired) electrons. The molecule has 0 N–H and O–H groups in total. The van der Waals surface area contributed by atoms with Gasteiger partial charge in [0.15, 0.2) is 0 Å². The van der Waals surface area contributed by atoms with Crippen molar-refractivity contribution in [3.8, 4) is 5.75 Å². The van der Waals surface area contributed by atoms with E-state index in [1.807, 2.05) is 0 Å². The first-order chi connectivity index (χ1) is 15.1. The van der Waals surface area contributed by atoms with Crippen LogP contribution in [0, 0.1) is 11.7 Å². The van der Waals surface area contributed by atoms with Gasteiger partial charge in [0.05, 0.1) is 12.3 Å². The van der Waals surface area contributed by atoms with Crippen LogP contribution in [0.1, 0.15) is 24.0 Å². The average molecular weight is 452 g/mol. The second-order valence-corrected chi connectivity index (χ2v) is 7.83. The van der Waals surface area contributed by atoms with Gasteiger partial charge in [-0.05, 0) is 36.6 Å². The van der Waals surface area contributed by atoms with Crippen molar-refractivity contribution in [1.29, 1.82) is 0 Å². The molecule has 32 heavy (non-hydrogen) atoms. The Hall–Kier alpha value is -3.10. The van der Waals surface area contributed by atoms with E-state index < -0.39 is 12.3 Å². The predicted octanol–water partition coefficient (Wildman–Crippen LogP) is 4.16. The van der Waals surface area contributed by atoms with Crippen LogP contribution in [0.5, 0.6) is 5.75 Å². The van der Waals surface area contributed by atoms with Gasteiger partial charge in [0.1, 0.15) is 11.6 Å². The van der Waals surface area contributed by atoms with Crippen LogP contribution in [-0.4, -0.2) is 48.1 Å². The monoisotopic (exact) mass is 452 g/mol. The molecule has 172 valence electrons. The van der Waals surface area contributed by atoms with E-state index in [1.165, 1.54) is 42.3 Å². The molecule has 2 aromatic rings. The van der Waals surface area contributed by atoms with E-state index >= 15 is 0 Å². The van der Waals surface area contributed by atoms with E-state index in [9.17, 15) is 27.2 Å². The summed E-state index contributed by atoms with van der Waals surface area (Å²) in [6.07, 6.45) is -3.48. The lowest BCUT2D eigenvalue weighted by Gasteiger charge is -2.34. The van der Waals surface area contributed by atoms with E-state index in [-0.39, 0.29) is 48.5 Å². The fourth-order valence-corrected chi connectivity index (χ4v) is 3.80. The highest BCUT2D eigenvalue weighted by Gasteiger charge is 2.33. The van der Waals surface area contributed by atoms with Crippen LogP contribution >= 0.6 is 0 Å². The molecular weight excluding hydrogens is 428 g/mol. The van der Waals surface area contributed by atoms with Gasteiger partial charge < -0.3 is 14.5 Å². The number of hydrogen-bond donors (Lipinski definition) is 0. The molecule has 0 aromatic heterocycles. The molecule has 1 aliphatic rings. The molecule has 0 spiro atoms. The minimum Gasteiger partial charge on any atom is -0.405 e. The van der Waals surface area contributed by atoms with Gasteiger partial charge in [-0.1, -0.05) is 30.3 Å². The molecule has 0 bridgehead atoms. The summed E-state index contributed by atoms with van der Waals surface area (Å²) in [6.45, 7) is 0.713. The van der Waals surface area contributed by atoms with Crippen molar-refractivity contribution < 1.29 is 31.9 Å². The number of carbonyl (C=O) groups is 2. The minimum absolute atomic E-state index is 0.0505. The SMILES string of the molecule is CN(Cc1ccccc1OC(F)(F)F)C(=O)C1CCCN(C(=O)Cc2ccc(F)cc2)C1. The van der Waals surface area contributed by atoms with Gasteiger partial charge in [0, 0.05) is 32.2 Å². The Bertz CT molecular complexity index is 947. The Labute approximate surface area is 183 Å². The maximum Gasteiger partial charge on any atom is 0.573 e. The van der Waals surface area contributed by atoms with E-state index in [0.717, 1.165) is 0 Å². The van der Waals surface area contributed by atoms with Crippen molar-refractivity contribution in [3.63, 3.8) is 0 Å². The lowest BCUT2D eigenvalue weighted by atomic mass is 9.95. The molecule has 1 atom stereocenters. The summed E-state index contributed by atoms with van der Waals surface area (Å²) in [6, 6.07) is 11.4. The Morgan fingerprint density at radius 1 is 1.12 bits per heavy atom. The smallest absolute Gasteiger partial charge is 0.405 e. The molecule has 1 fully saturated rings. The van der Waals surface area contributed by atoms with Crippen LogP contribution in [0.4, 0.5) is 17.6 Å². The largest absolute Gasteiger partial charge is 0.573 e. The van der Waals surface area contributed by atoms with Crippen molar-refractivity contribution in [2.75, 3.05) is 20.1 Å². The maximum atomic E-state index is 13.1. The predicted molar refractivity (Wildman–Crippen MR) is 109 cm³/mol. The van der Waals surface area contributed by atoms with Crippen LogP contribution in [0.15, 0.2) is 48.5 Å². The number of rotatable bonds is 6. The quantitative estimate of drug-likeness (QED) is 0.619. The normalized spacial score (nSPS) is 16.5. The Balaban J connectivity index is 1.61. The fourth-order valence-electron chi connectivity index (χ4n) is 3.80. The molecule has 0 aliphatic carbocycles. The van der Waals surface area contributed by atoms with Crippen molar-refractivity contribution in [3.05, 3.63) is 65.5 Å². The van der Waals surface area contributed by atoms with Gasteiger partial charge in [-0.25, -0.2) is 4.39 Å². The number of para-hydroxylation sites is 1. The Morgan fingerprint density at radius 3 is 2.50 bits per heavy atom. The zero-order valence-corrected chi connectivity index (χ0v) is 17.6. The third-order valence-electron chi connectivity index (χ3n) is 5.37. The number of likely N-dealkylation sites (tertiary alicyclic amines) is 1. The number of piperidine rings is 1. The standard InChI is InChI=1S/C23H24F4N2O3/c1-28(14-17-5-2-3-7-20(17)32-23(25,26)27)22(31)18-6-4-12-29(15-18)21(30)13-16-8-10-19(24)11-9-16/h2-3,5,7-11,18H,4,6,12-15H2,1H3. The number of nitrogens with zero attached hydrogens (tertiary/aromatic N) is 2. The summed E-state index contributed by atoms with van der Waals surface area (Å²) in [5, 5.41) is 0. The minimum atomic E-state index is -4.83. The van der Waals surface area contributed by atoms with Gasteiger partial charge >= 0.3 is 6.36 Å². The second-order valence-electron chi connectivity index (χ2n) is 7.83. The first-order valence-corrected chi connectivity index (χ1v) is 10.2. The summed E-state index contributed by atoms with van der Waals surface area (Å²) >= 11 is 0. The van der Waals surface area contributed by atoms with E-state index in [2.05, 4.69) is 4.74 Å². The Kier molecular flexibility index (Phi) is 7.37. The number of ether oxygens (including phenoxy) is 1. The van der Waals surface area contributed by atoms with Gasteiger partial charge in [-0.15, -0.1) is 13.2 Å². The van der Waals surface area contributed by atoms with Crippen molar-refractivity contribution >= 4 is 11.8 Å². The maximum absolute atomic E-state index is 13.1. The first-order valence-electron chi connectivity index (χ1n) is 10.2. The zero-order valence-electron chi connectivity index (χ0n) is 17.6. The molecule has 1 heterocycles. The fraction of sp³-hybridized carbons (Fsp3) is 0.391. The van der Waals surface area contributed by atoms with Gasteiger partial charge in [0.2, 0.25) is 11.8 Å². The molecule has 1 saturated heterocycles. The molecule has 3 rings (SSSR count). The Morgan fingerprint density at radius 2 is 1.81 bits per heavy atom. The highest BCUT2D eigenvalue weighted by Crippen LogP contribution is 2.28.